The maximum Gasteiger partial charge on any atom is 0.335 e. The van der Waals surface area contributed by atoms with Crippen molar-refractivity contribution in [3.8, 4) is 0 Å². The van der Waals surface area contributed by atoms with Crippen LogP contribution in [0.5, 0.6) is 0 Å². The Labute approximate surface area is 127 Å². The molecule has 0 bridgehead atoms. The molecule has 0 radical (unpaired) electrons. The van der Waals surface area contributed by atoms with Crippen LogP contribution < -0.4 is 0 Å². The lowest BCUT2D eigenvalue weighted by Gasteiger charge is -2.41. The van der Waals surface area contributed by atoms with E-state index in [4.69, 9.17) is 4.74 Å². The van der Waals surface area contributed by atoms with Crippen LogP contribution in [0, 0.1) is 23.7 Å². The molecule has 2 fully saturated rings. The van der Waals surface area contributed by atoms with Gasteiger partial charge in [0.1, 0.15) is 6.10 Å². The Bertz CT molecular complexity index is 477. The predicted octanol–water partition coefficient (Wildman–Crippen LogP) is 3.24. The molecule has 0 aromatic carbocycles. The molecule has 1 saturated heterocycles. The van der Waals surface area contributed by atoms with Gasteiger partial charge in [-0.1, -0.05) is 26.5 Å². The van der Waals surface area contributed by atoms with E-state index in [1.807, 2.05) is 0 Å². The quantitative estimate of drug-likeness (QED) is 0.794. The first-order valence-corrected chi connectivity index (χ1v) is 8.24. The number of aliphatic hydroxyl groups excluding tert-OH is 1. The Balaban J connectivity index is 1.74. The van der Waals surface area contributed by atoms with Crippen LogP contribution in [0.15, 0.2) is 23.8 Å². The standard InChI is InChI=1S/C18H26O3/c1-10(2)12-4-5-13-8-15(11(3)6-14(13)7-12)17-9-16(19)18(20)21-17/h8,10,12-14,16-17,19H,3-7,9H2,1-2H3. The van der Waals surface area contributed by atoms with Gasteiger partial charge < -0.3 is 9.84 Å². The minimum absolute atomic E-state index is 0.274. The molecule has 1 saturated carbocycles. The molecular weight excluding hydrogens is 264 g/mol. The third kappa shape index (κ3) is 2.80. The fourth-order valence-electron chi connectivity index (χ4n) is 4.26. The number of hydrogen-bond donors (Lipinski definition) is 1. The summed E-state index contributed by atoms with van der Waals surface area (Å²) in [6, 6.07) is 0. The van der Waals surface area contributed by atoms with Gasteiger partial charge in [0.05, 0.1) is 0 Å². The van der Waals surface area contributed by atoms with E-state index in [2.05, 4.69) is 26.5 Å². The summed E-state index contributed by atoms with van der Waals surface area (Å²) in [5, 5.41) is 9.58. The average Bonchev–Trinajstić information content (AvgIpc) is 2.77. The maximum atomic E-state index is 11.4. The van der Waals surface area contributed by atoms with E-state index in [1.54, 1.807) is 0 Å². The number of carbonyl (C=O) groups is 1. The third-order valence-corrected chi connectivity index (χ3v) is 5.65. The molecule has 5 unspecified atom stereocenters. The van der Waals surface area contributed by atoms with E-state index < -0.39 is 12.1 Å². The number of cyclic esters (lactones) is 1. The summed E-state index contributed by atoms with van der Waals surface area (Å²) in [4.78, 5) is 11.4. The molecule has 5 atom stereocenters. The maximum absolute atomic E-state index is 11.4. The van der Waals surface area contributed by atoms with Gasteiger partial charge in [-0.05, 0) is 60.5 Å². The topological polar surface area (TPSA) is 46.5 Å². The molecule has 21 heavy (non-hydrogen) atoms. The van der Waals surface area contributed by atoms with Crippen molar-refractivity contribution in [2.75, 3.05) is 0 Å². The molecule has 3 aliphatic rings. The highest BCUT2D eigenvalue weighted by atomic mass is 16.6. The second-order valence-electron chi connectivity index (χ2n) is 7.35. The lowest BCUT2D eigenvalue weighted by Crippen LogP contribution is -2.31. The van der Waals surface area contributed by atoms with Crippen molar-refractivity contribution in [2.45, 2.75) is 58.2 Å². The van der Waals surface area contributed by atoms with Gasteiger partial charge in [-0.2, -0.15) is 0 Å². The van der Waals surface area contributed by atoms with Crippen molar-refractivity contribution in [3.05, 3.63) is 23.8 Å². The van der Waals surface area contributed by atoms with E-state index in [-0.39, 0.29) is 6.10 Å². The highest BCUT2D eigenvalue weighted by molar-refractivity contribution is 5.77. The van der Waals surface area contributed by atoms with Crippen LogP contribution in [0.25, 0.3) is 0 Å². The van der Waals surface area contributed by atoms with Crippen LogP contribution in [0.4, 0.5) is 0 Å². The van der Waals surface area contributed by atoms with E-state index in [0.717, 1.165) is 29.4 Å². The number of ether oxygens (including phenoxy) is 1. The molecule has 0 amide bonds. The van der Waals surface area contributed by atoms with E-state index in [0.29, 0.717) is 18.3 Å². The van der Waals surface area contributed by atoms with Crippen LogP contribution in [-0.4, -0.2) is 23.3 Å². The SMILES string of the molecule is C=C1CC2CC(C(C)C)CCC2C=C1C1CC(O)C(=O)O1. The van der Waals surface area contributed by atoms with Gasteiger partial charge in [-0.3, -0.25) is 0 Å². The third-order valence-electron chi connectivity index (χ3n) is 5.65. The van der Waals surface area contributed by atoms with E-state index in [1.165, 1.54) is 19.3 Å². The summed E-state index contributed by atoms with van der Waals surface area (Å²) < 4.78 is 5.30. The molecule has 0 aromatic rings. The minimum atomic E-state index is -0.960. The van der Waals surface area contributed by atoms with Gasteiger partial charge in [0.25, 0.3) is 0 Å². The van der Waals surface area contributed by atoms with Crippen molar-refractivity contribution < 1.29 is 14.6 Å². The van der Waals surface area contributed by atoms with Crippen LogP contribution >= 0.6 is 0 Å². The first kappa shape index (κ1) is 14.8. The summed E-state index contributed by atoms with van der Waals surface area (Å²) in [5.74, 6) is 2.40. The van der Waals surface area contributed by atoms with Gasteiger partial charge in [-0.25, -0.2) is 4.79 Å². The van der Waals surface area contributed by atoms with E-state index >= 15 is 0 Å². The summed E-state index contributed by atoms with van der Waals surface area (Å²) in [6.45, 7) is 8.86. The smallest absolute Gasteiger partial charge is 0.335 e. The molecule has 0 aromatic heterocycles. The Morgan fingerprint density at radius 3 is 2.71 bits per heavy atom. The zero-order valence-electron chi connectivity index (χ0n) is 13.0. The molecule has 3 nitrogen and oxygen atoms in total. The zero-order chi connectivity index (χ0) is 15.1. The van der Waals surface area contributed by atoms with Gasteiger partial charge in [0.15, 0.2) is 6.10 Å². The number of fused-ring (bicyclic) bond motifs is 1. The number of esters is 1. The van der Waals surface area contributed by atoms with Gasteiger partial charge in [-0.15, -0.1) is 0 Å². The monoisotopic (exact) mass is 290 g/mol. The number of rotatable bonds is 2. The molecule has 0 spiro atoms. The van der Waals surface area contributed by atoms with Crippen molar-refractivity contribution in [2.24, 2.45) is 23.7 Å². The lowest BCUT2D eigenvalue weighted by atomic mass is 9.65. The number of carbonyl (C=O) groups excluding carboxylic acids is 1. The van der Waals surface area contributed by atoms with Crippen LogP contribution in [0.2, 0.25) is 0 Å². The normalized spacial score (nSPS) is 40.0. The number of aliphatic hydroxyl groups is 1. The van der Waals surface area contributed by atoms with Gasteiger partial charge >= 0.3 is 5.97 Å². The van der Waals surface area contributed by atoms with Gasteiger partial charge in [0.2, 0.25) is 0 Å². The van der Waals surface area contributed by atoms with Crippen molar-refractivity contribution in [1.82, 2.24) is 0 Å². The molecular formula is C18H26O3. The molecule has 1 N–H and O–H groups in total. The summed E-state index contributed by atoms with van der Waals surface area (Å²) in [7, 11) is 0. The Hall–Kier alpha value is -1.09. The average molecular weight is 290 g/mol. The second kappa shape index (κ2) is 5.60. The minimum Gasteiger partial charge on any atom is -0.455 e. The summed E-state index contributed by atoms with van der Waals surface area (Å²) in [5.41, 5.74) is 2.18. The molecule has 2 aliphatic carbocycles. The predicted molar refractivity (Wildman–Crippen MR) is 81.5 cm³/mol. The van der Waals surface area contributed by atoms with Crippen LogP contribution in [0.3, 0.4) is 0 Å². The zero-order valence-corrected chi connectivity index (χ0v) is 13.0. The largest absolute Gasteiger partial charge is 0.455 e. The van der Waals surface area contributed by atoms with Crippen molar-refractivity contribution >= 4 is 5.97 Å². The Kier molecular flexibility index (Phi) is 3.96. The van der Waals surface area contributed by atoms with Crippen molar-refractivity contribution in [3.63, 3.8) is 0 Å². The highest BCUT2D eigenvalue weighted by Gasteiger charge is 2.40. The lowest BCUT2D eigenvalue weighted by molar-refractivity contribution is -0.146. The Morgan fingerprint density at radius 1 is 1.33 bits per heavy atom. The van der Waals surface area contributed by atoms with Crippen molar-refractivity contribution in [1.29, 1.82) is 0 Å². The first-order chi connectivity index (χ1) is 9.95. The Morgan fingerprint density at radius 2 is 2.10 bits per heavy atom. The molecule has 3 rings (SSSR count). The molecule has 1 aliphatic heterocycles. The van der Waals surface area contributed by atoms with Crippen LogP contribution in [0.1, 0.15) is 46.0 Å². The number of allylic oxidation sites excluding steroid dienone is 1. The highest BCUT2D eigenvalue weighted by Crippen LogP contribution is 2.46. The van der Waals surface area contributed by atoms with Crippen LogP contribution in [-0.2, 0) is 9.53 Å². The number of hydrogen-bond acceptors (Lipinski definition) is 3. The second-order valence-corrected chi connectivity index (χ2v) is 7.35. The molecule has 1 heterocycles. The van der Waals surface area contributed by atoms with Gasteiger partial charge in [0, 0.05) is 6.42 Å². The fraction of sp³-hybridized carbons (Fsp3) is 0.722. The fourth-order valence-corrected chi connectivity index (χ4v) is 4.26. The molecule has 3 heteroatoms. The summed E-state index contributed by atoms with van der Waals surface area (Å²) >= 11 is 0. The van der Waals surface area contributed by atoms with E-state index in [9.17, 15) is 9.90 Å². The molecule has 116 valence electrons. The first-order valence-electron chi connectivity index (χ1n) is 8.24. The summed E-state index contributed by atoms with van der Waals surface area (Å²) in [6.07, 6.45) is 6.28.